The van der Waals surface area contributed by atoms with Crippen LogP contribution in [0.5, 0.6) is 0 Å². The van der Waals surface area contributed by atoms with Crippen LogP contribution in [0, 0.1) is 0 Å². The van der Waals surface area contributed by atoms with E-state index in [1.807, 2.05) is 18.2 Å². The van der Waals surface area contributed by atoms with Crippen LogP contribution in [0.2, 0.25) is 0 Å². The molecule has 1 heterocycles. The van der Waals surface area contributed by atoms with Gasteiger partial charge in [-0.2, -0.15) is 0 Å². The number of nitrogens with zero attached hydrogens (tertiary/aromatic N) is 2. The van der Waals surface area contributed by atoms with Crippen LogP contribution in [0.4, 0.5) is 0 Å². The van der Waals surface area contributed by atoms with Gasteiger partial charge in [-0.25, -0.2) is 4.79 Å². The Morgan fingerprint density at radius 3 is 2.48 bits per heavy atom. The topological polar surface area (TPSA) is 66.9 Å². The monoisotopic (exact) mass is 412 g/mol. The number of hydrogen-bond donors (Lipinski definition) is 0. The minimum absolute atomic E-state index is 0.0428. The Kier molecular flexibility index (Phi) is 6.93. The molecule has 29 heavy (non-hydrogen) atoms. The number of ether oxygens (including phenoxy) is 1. The minimum atomic E-state index is -0.559. The lowest BCUT2D eigenvalue weighted by Crippen LogP contribution is -2.38. The highest BCUT2D eigenvalue weighted by molar-refractivity contribution is 8.00. The summed E-state index contributed by atoms with van der Waals surface area (Å²) in [5.41, 5.74) is 2.75. The quantitative estimate of drug-likeness (QED) is 0.539. The zero-order chi connectivity index (χ0) is 20.8. The molecule has 0 radical (unpaired) electrons. The molecule has 0 saturated carbocycles. The van der Waals surface area contributed by atoms with Gasteiger partial charge in [0.25, 0.3) is 5.91 Å². The third kappa shape index (κ3) is 5.38. The SMILES string of the molecule is CN(C)C(=O)CSc1ccccc1C(=O)OCC(=O)N1CCc2ccccc2C1. The van der Waals surface area contributed by atoms with Gasteiger partial charge in [0, 0.05) is 32.1 Å². The van der Waals surface area contributed by atoms with Crippen LogP contribution < -0.4 is 0 Å². The molecule has 2 aromatic carbocycles. The lowest BCUT2D eigenvalue weighted by molar-refractivity contribution is -0.135. The molecule has 152 valence electrons. The Morgan fingerprint density at radius 1 is 1.03 bits per heavy atom. The summed E-state index contributed by atoms with van der Waals surface area (Å²) < 4.78 is 5.29. The van der Waals surface area contributed by atoms with Crippen LogP contribution in [0.15, 0.2) is 53.4 Å². The first kappa shape index (κ1) is 20.9. The summed E-state index contributed by atoms with van der Waals surface area (Å²) in [4.78, 5) is 40.7. The largest absolute Gasteiger partial charge is 0.452 e. The first-order chi connectivity index (χ1) is 14.0. The maximum absolute atomic E-state index is 12.5. The van der Waals surface area contributed by atoms with Gasteiger partial charge in [0.2, 0.25) is 5.91 Å². The summed E-state index contributed by atoms with van der Waals surface area (Å²) >= 11 is 1.28. The first-order valence-electron chi connectivity index (χ1n) is 9.39. The van der Waals surface area contributed by atoms with E-state index < -0.39 is 5.97 Å². The van der Waals surface area contributed by atoms with Crippen molar-refractivity contribution in [1.82, 2.24) is 9.80 Å². The number of carbonyl (C=O) groups is 3. The molecule has 0 N–H and O–H groups in total. The fourth-order valence-corrected chi connectivity index (χ4v) is 4.05. The molecular weight excluding hydrogens is 388 g/mol. The lowest BCUT2D eigenvalue weighted by Gasteiger charge is -2.28. The van der Waals surface area contributed by atoms with E-state index in [4.69, 9.17) is 4.74 Å². The number of thioether (sulfide) groups is 1. The fourth-order valence-electron chi connectivity index (χ4n) is 3.03. The highest BCUT2D eigenvalue weighted by Crippen LogP contribution is 2.24. The fraction of sp³-hybridized carbons (Fsp3) is 0.318. The number of esters is 1. The molecule has 0 spiro atoms. The molecule has 0 fully saturated rings. The summed E-state index contributed by atoms with van der Waals surface area (Å²) in [7, 11) is 3.38. The summed E-state index contributed by atoms with van der Waals surface area (Å²) in [6.07, 6.45) is 0.801. The molecule has 7 heteroatoms. The second kappa shape index (κ2) is 9.60. The molecule has 0 saturated heterocycles. The standard InChI is InChI=1S/C22H24N2O4S/c1-23(2)21(26)15-29-19-10-6-5-9-18(19)22(27)28-14-20(25)24-12-11-16-7-3-4-8-17(16)13-24/h3-10H,11-15H2,1-2H3. The first-order valence-corrected chi connectivity index (χ1v) is 10.4. The highest BCUT2D eigenvalue weighted by Gasteiger charge is 2.22. The molecule has 1 aliphatic rings. The van der Waals surface area contributed by atoms with E-state index in [0.29, 0.717) is 23.5 Å². The van der Waals surface area contributed by atoms with Gasteiger partial charge in [0.1, 0.15) is 0 Å². The van der Waals surface area contributed by atoms with Gasteiger partial charge in [-0.05, 0) is 29.7 Å². The smallest absolute Gasteiger partial charge is 0.339 e. The molecule has 0 aliphatic carbocycles. The molecule has 0 atom stereocenters. The Morgan fingerprint density at radius 2 is 1.72 bits per heavy atom. The van der Waals surface area contributed by atoms with Crippen molar-refractivity contribution in [1.29, 1.82) is 0 Å². The second-order valence-electron chi connectivity index (χ2n) is 6.98. The maximum Gasteiger partial charge on any atom is 0.339 e. The van der Waals surface area contributed by atoms with E-state index in [2.05, 4.69) is 6.07 Å². The molecule has 0 unspecified atom stereocenters. The van der Waals surface area contributed by atoms with Crippen molar-refractivity contribution in [2.75, 3.05) is 33.0 Å². The van der Waals surface area contributed by atoms with E-state index in [1.165, 1.54) is 22.2 Å². The van der Waals surface area contributed by atoms with Crippen LogP contribution in [0.25, 0.3) is 0 Å². The number of benzene rings is 2. The summed E-state index contributed by atoms with van der Waals surface area (Å²) in [6.45, 7) is 0.856. The average Bonchev–Trinajstić information content (AvgIpc) is 2.75. The van der Waals surface area contributed by atoms with E-state index in [-0.39, 0.29) is 24.2 Å². The van der Waals surface area contributed by atoms with Crippen molar-refractivity contribution in [2.24, 2.45) is 0 Å². The molecule has 0 aromatic heterocycles. The molecule has 2 amide bonds. The third-order valence-electron chi connectivity index (χ3n) is 4.77. The van der Waals surface area contributed by atoms with Gasteiger partial charge in [-0.3, -0.25) is 9.59 Å². The van der Waals surface area contributed by atoms with Crippen LogP contribution in [-0.2, 0) is 27.3 Å². The second-order valence-corrected chi connectivity index (χ2v) is 8.00. The Bertz CT molecular complexity index is 913. The van der Waals surface area contributed by atoms with Gasteiger partial charge in [0.05, 0.1) is 11.3 Å². The zero-order valence-corrected chi connectivity index (χ0v) is 17.4. The van der Waals surface area contributed by atoms with Crippen molar-refractivity contribution < 1.29 is 19.1 Å². The minimum Gasteiger partial charge on any atom is -0.452 e. The third-order valence-corrected chi connectivity index (χ3v) is 5.83. The maximum atomic E-state index is 12.5. The van der Waals surface area contributed by atoms with Crippen molar-refractivity contribution in [3.63, 3.8) is 0 Å². The van der Waals surface area contributed by atoms with Crippen LogP contribution in [-0.4, -0.2) is 60.6 Å². The highest BCUT2D eigenvalue weighted by atomic mass is 32.2. The normalized spacial score (nSPS) is 12.8. The number of fused-ring (bicyclic) bond motifs is 1. The Hall–Kier alpha value is -2.80. The van der Waals surface area contributed by atoms with Gasteiger partial charge in [0.15, 0.2) is 6.61 Å². The van der Waals surface area contributed by atoms with E-state index in [1.54, 1.807) is 43.3 Å². The average molecular weight is 413 g/mol. The summed E-state index contributed by atoms with van der Waals surface area (Å²) in [5.74, 6) is -0.584. The van der Waals surface area contributed by atoms with Crippen LogP contribution in [0.3, 0.4) is 0 Å². The number of amides is 2. The lowest BCUT2D eigenvalue weighted by atomic mass is 10.00. The molecular formula is C22H24N2O4S. The molecule has 2 aromatic rings. The van der Waals surface area contributed by atoms with Crippen LogP contribution >= 0.6 is 11.8 Å². The van der Waals surface area contributed by atoms with Crippen molar-refractivity contribution in [3.05, 3.63) is 65.2 Å². The van der Waals surface area contributed by atoms with Crippen molar-refractivity contribution in [2.45, 2.75) is 17.9 Å². The van der Waals surface area contributed by atoms with Crippen LogP contribution in [0.1, 0.15) is 21.5 Å². The van der Waals surface area contributed by atoms with Gasteiger partial charge in [-0.1, -0.05) is 36.4 Å². The van der Waals surface area contributed by atoms with Crippen molar-refractivity contribution in [3.8, 4) is 0 Å². The molecule has 3 rings (SSSR count). The molecule has 6 nitrogen and oxygen atoms in total. The summed E-state index contributed by atoms with van der Waals surface area (Å²) in [6, 6.07) is 15.0. The van der Waals surface area contributed by atoms with Crippen molar-refractivity contribution >= 4 is 29.5 Å². The van der Waals surface area contributed by atoms with E-state index in [9.17, 15) is 14.4 Å². The Balaban J connectivity index is 1.57. The molecule has 0 bridgehead atoms. The van der Waals surface area contributed by atoms with Gasteiger partial charge >= 0.3 is 5.97 Å². The van der Waals surface area contributed by atoms with Gasteiger partial charge < -0.3 is 14.5 Å². The summed E-state index contributed by atoms with van der Waals surface area (Å²) in [5, 5.41) is 0. The number of hydrogen-bond acceptors (Lipinski definition) is 5. The van der Waals surface area contributed by atoms with E-state index in [0.717, 1.165) is 12.0 Å². The number of rotatable bonds is 6. The van der Waals surface area contributed by atoms with Gasteiger partial charge in [-0.15, -0.1) is 11.8 Å². The molecule has 1 aliphatic heterocycles. The number of carbonyl (C=O) groups excluding carboxylic acids is 3. The predicted molar refractivity (Wildman–Crippen MR) is 112 cm³/mol. The zero-order valence-electron chi connectivity index (χ0n) is 16.6. The Labute approximate surface area is 174 Å². The van der Waals surface area contributed by atoms with E-state index >= 15 is 0 Å². The predicted octanol–water partition coefficient (Wildman–Crippen LogP) is 2.61.